The molecular weight excluding hydrogens is 244 g/mol. The van der Waals surface area contributed by atoms with Crippen molar-refractivity contribution >= 4 is 5.82 Å². The Hall–Kier alpha value is -2.12. The van der Waals surface area contributed by atoms with Crippen molar-refractivity contribution in [2.75, 3.05) is 12.0 Å². The number of aromatic nitrogens is 4. The van der Waals surface area contributed by atoms with Crippen molar-refractivity contribution in [2.45, 2.75) is 20.0 Å². The summed E-state index contributed by atoms with van der Waals surface area (Å²) in [6.07, 6.45) is 4.22. The zero-order valence-corrected chi connectivity index (χ0v) is 10.6. The Labute approximate surface area is 110 Å². The van der Waals surface area contributed by atoms with E-state index < -0.39 is 0 Å². The maximum Gasteiger partial charge on any atom is 0.199 e. The van der Waals surface area contributed by atoms with Crippen LogP contribution >= 0.6 is 0 Å². The van der Waals surface area contributed by atoms with E-state index in [1.54, 1.807) is 12.4 Å². The van der Waals surface area contributed by atoms with Gasteiger partial charge in [0.1, 0.15) is 5.82 Å². The number of nitrogens with one attached hydrogen (secondary N) is 1. The highest BCUT2D eigenvalue weighted by Crippen LogP contribution is 2.24. The fourth-order valence-electron chi connectivity index (χ4n) is 1.96. The molecule has 1 aliphatic rings. The zero-order chi connectivity index (χ0) is 13.2. The summed E-state index contributed by atoms with van der Waals surface area (Å²) in [7, 11) is 0. The van der Waals surface area contributed by atoms with Crippen molar-refractivity contribution in [3.8, 4) is 11.6 Å². The Balaban J connectivity index is 2.09. The molecule has 2 aromatic heterocycles. The molecule has 2 aromatic rings. The molecule has 3 heterocycles. The van der Waals surface area contributed by atoms with Gasteiger partial charge in [-0.2, -0.15) is 0 Å². The van der Waals surface area contributed by atoms with Crippen molar-refractivity contribution in [1.82, 2.24) is 19.9 Å². The minimum absolute atomic E-state index is 0.476. The highest BCUT2D eigenvalue weighted by Gasteiger charge is 2.19. The second kappa shape index (κ2) is 4.87. The Kier molecular flexibility index (Phi) is 3.06. The molecule has 0 spiro atoms. The van der Waals surface area contributed by atoms with Gasteiger partial charge in [-0.05, 0) is 12.5 Å². The van der Waals surface area contributed by atoms with Gasteiger partial charge in [-0.1, -0.05) is 0 Å². The highest BCUT2D eigenvalue weighted by atomic mass is 16.5. The molecule has 0 fully saturated rings. The lowest BCUT2D eigenvalue weighted by molar-refractivity contribution is 0.109. The van der Waals surface area contributed by atoms with E-state index in [-0.39, 0.29) is 0 Å². The number of rotatable bonds is 2. The van der Waals surface area contributed by atoms with Gasteiger partial charge in [0.15, 0.2) is 11.6 Å². The zero-order valence-electron chi connectivity index (χ0n) is 10.6. The van der Waals surface area contributed by atoms with E-state index in [1.807, 2.05) is 6.92 Å². The maximum absolute atomic E-state index is 5.51. The van der Waals surface area contributed by atoms with Crippen LogP contribution in [0, 0.1) is 6.92 Å². The fourth-order valence-corrected chi connectivity index (χ4v) is 1.96. The summed E-state index contributed by atoms with van der Waals surface area (Å²) in [5, 5.41) is 0. The highest BCUT2D eigenvalue weighted by molar-refractivity contribution is 5.54. The van der Waals surface area contributed by atoms with E-state index >= 15 is 0 Å². The van der Waals surface area contributed by atoms with E-state index in [1.165, 1.54) is 0 Å². The van der Waals surface area contributed by atoms with E-state index in [0.717, 1.165) is 23.2 Å². The van der Waals surface area contributed by atoms with Gasteiger partial charge in [0, 0.05) is 24.4 Å². The summed E-state index contributed by atoms with van der Waals surface area (Å²) in [6, 6.07) is 0. The van der Waals surface area contributed by atoms with E-state index in [2.05, 4.69) is 25.4 Å². The Morgan fingerprint density at radius 1 is 1.21 bits per heavy atom. The Morgan fingerprint density at radius 2 is 2.00 bits per heavy atom. The van der Waals surface area contributed by atoms with Crippen molar-refractivity contribution in [2.24, 2.45) is 5.84 Å². The predicted octanol–water partition coefficient (Wildman–Crippen LogP) is 0.600. The quantitative estimate of drug-likeness (QED) is 0.601. The maximum atomic E-state index is 5.51. The Bertz CT molecular complexity index is 581. The number of hydrazine groups is 1. The molecule has 0 saturated heterocycles. The van der Waals surface area contributed by atoms with Gasteiger partial charge in [-0.25, -0.2) is 25.8 Å². The van der Waals surface area contributed by atoms with Crippen LogP contribution in [0.5, 0.6) is 0 Å². The summed E-state index contributed by atoms with van der Waals surface area (Å²) in [4.78, 5) is 17.3. The van der Waals surface area contributed by atoms with Gasteiger partial charge in [-0.15, -0.1) is 0 Å². The predicted molar refractivity (Wildman–Crippen MR) is 69.0 cm³/mol. The van der Waals surface area contributed by atoms with Crippen molar-refractivity contribution in [1.29, 1.82) is 0 Å². The van der Waals surface area contributed by atoms with Crippen LogP contribution in [0.25, 0.3) is 11.6 Å². The van der Waals surface area contributed by atoms with Crippen LogP contribution in [0.4, 0.5) is 5.82 Å². The minimum Gasteiger partial charge on any atom is -0.376 e. The molecule has 0 aliphatic carbocycles. The first-order valence-corrected chi connectivity index (χ1v) is 6.01. The third-order valence-electron chi connectivity index (χ3n) is 2.94. The van der Waals surface area contributed by atoms with Gasteiger partial charge in [0.05, 0.1) is 18.9 Å². The molecule has 7 nitrogen and oxygen atoms in total. The van der Waals surface area contributed by atoms with Gasteiger partial charge in [0.25, 0.3) is 0 Å². The molecule has 0 aromatic carbocycles. The minimum atomic E-state index is 0.476. The van der Waals surface area contributed by atoms with Crippen molar-refractivity contribution in [3.63, 3.8) is 0 Å². The second-order valence-electron chi connectivity index (χ2n) is 4.35. The first kappa shape index (κ1) is 11.9. The number of fused-ring (bicyclic) bond motifs is 1. The van der Waals surface area contributed by atoms with Crippen molar-refractivity contribution in [3.05, 3.63) is 29.2 Å². The standard InChI is InChI=1S/C12H14N6O/c1-7-4-14-11(15-5-7)12-16-9-2-3-19-6-8(9)10(17-12)18-13/h4-5H,2-3,6,13H2,1H3,(H,16,17,18). The largest absolute Gasteiger partial charge is 0.376 e. The van der Waals surface area contributed by atoms with Crippen LogP contribution in [0.1, 0.15) is 16.8 Å². The molecule has 3 N–H and O–H groups in total. The number of hydrogen-bond acceptors (Lipinski definition) is 7. The third kappa shape index (κ3) is 2.25. The SMILES string of the molecule is Cc1cnc(-c2nc3c(c(NN)n2)COCC3)nc1. The summed E-state index contributed by atoms with van der Waals surface area (Å²) < 4.78 is 5.39. The average Bonchev–Trinajstić information content (AvgIpc) is 2.47. The van der Waals surface area contributed by atoms with Crippen LogP contribution in [0.15, 0.2) is 12.4 Å². The molecule has 0 radical (unpaired) electrons. The van der Waals surface area contributed by atoms with Gasteiger partial charge < -0.3 is 10.2 Å². The fraction of sp³-hybridized carbons (Fsp3) is 0.333. The average molecular weight is 258 g/mol. The number of hydrogen-bond donors (Lipinski definition) is 2. The van der Waals surface area contributed by atoms with Crippen LogP contribution in [-0.2, 0) is 17.8 Å². The lowest BCUT2D eigenvalue weighted by Crippen LogP contribution is -2.19. The smallest absolute Gasteiger partial charge is 0.199 e. The van der Waals surface area contributed by atoms with Gasteiger partial charge in [-0.3, -0.25) is 0 Å². The molecule has 0 saturated carbocycles. The molecule has 0 bridgehead atoms. The van der Waals surface area contributed by atoms with Crippen LogP contribution in [0.3, 0.4) is 0 Å². The number of nitrogen functional groups attached to an aromatic ring is 1. The summed E-state index contributed by atoms with van der Waals surface area (Å²) in [5.74, 6) is 7.06. The molecule has 0 amide bonds. The monoisotopic (exact) mass is 258 g/mol. The second-order valence-corrected chi connectivity index (χ2v) is 4.35. The lowest BCUT2D eigenvalue weighted by atomic mass is 10.1. The van der Waals surface area contributed by atoms with Crippen LogP contribution < -0.4 is 11.3 Å². The first-order valence-electron chi connectivity index (χ1n) is 6.01. The molecule has 19 heavy (non-hydrogen) atoms. The summed E-state index contributed by atoms with van der Waals surface area (Å²) in [6.45, 7) is 3.06. The molecule has 3 rings (SSSR count). The molecule has 0 atom stereocenters. The van der Waals surface area contributed by atoms with Gasteiger partial charge in [0.2, 0.25) is 0 Å². The van der Waals surface area contributed by atoms with E-state index in [0.29, 0.717) is 30.7 Å². The van der Waals surface area contributed by atoms with E-state index in [4.69, 9.17) is 10.6 Å². The lowest BCUT2D eigenvalue weighted by Gasteiger charge is -2.18. The van der Waals surface area contributed by atoms with Crippen molar-refractivity contribution < 1.29 is 4.74 Å². The molecular formula is C12H14N6O. The normalized spacial score (nSPS) is 14.0. The number of aryl methyl sites for hydroxylation is 1. The third-order valence-corrected chi connectivity index (χ3v) is 2.94. The van der Waals surface area contributed by atoms with Crippen LogP contribution in [0.2, 0.25) is 0 Å². The Morgan fingerprint density at radius 3 is 2.74 bits per heavy atom. The van der Waals surface area contributed by atoms with Crippen LogP contribution in [-0.4, -0.2) is 26.5 Å². The first-order chi connectivity index (χ1) is 9.28. The number of anilines is 1. The van der Waals surface area contributed by atoms with E-state index in [9.17, 15) is 0 Å². The molecule has 1 aliphatic heterocycles. The molecule has 98 valence electrons. The number of ether oxygens (including phenoxy) is 1. The molecule has 7 heteroatoms. The topological polar surface area (TPSA) is 98.8 Å². The molecule has 0 unspecified atom stereocenters. The van der Waals surface area contributed by atoms with Gasteiger partial charge >= 0.3 is 0 Å². The summed E-state index contributed by atoms with van der Waals surface area (Å²) >= 11 is 0. The number of nitrogens with zero attached hydrogens (tertiary/aromatic N) is 4. The number of nitrogens with two attached hydrogens (primary N) is 1. The summed E-state index contributed by atoms with van der Waals surface area (Å²) in [5.41, 5.74) is 5.43.